The summed E-state index contributed by atoms with van der Waals surface area (Å²) in [5.41, 5.74) is 25.8. The Bertz CT molecular complexity index is 1980. The summed E-state index contributed by atoms with van der Waals surface area (Å²) in [4.78, 5) is 7.59. The first-order valence-corrected chi connectivity index (χ1v) is 21.4. The summed E-state index contributed by atoms with van der Waals surface area (Å²) in [5, 5.41) is 0. The molecule has 0 aliphatic carbocycles. The molecule has 3 aliphatic heterocycles. The second-order valence-electron chi connectivity index (χ2n) is 18.1. The molecule has 0 saturated carbocycles. The summed E-state index contributed by atoms with van der Waals surface area (Å²) < 4.78 is 7.72. The molecule has 0 aromatic heterocycles. The first kappa shape index (κ1) is 49.4. The van der Waals surface area contributed by atoms with E-state index in [1.165, 1.54) is 100 Å². The van der Waals surface area contributed by atoms with Gasteiger partial charge in [0.2, 0.25) is 19.0 Å². The van der Waals surface area contributed by atoms with E-state index in [4.69, 9.17) is 0 Å². The van der Waals surface area contributed by atoms with E-state index >= 15 is 0 Å². The van der Waals surface area contributed by atoms with Gasteiger partial charge in [-0.25, -0.2) is 0 Å². The van der Waals surface area contributed by atoms with Gasteiger partial charge in [-0.05, 0) is 167 Å². The molecular formula is C51H69Br3N6. The fraction of sp³-hybridized carbons (Fsp3) is 0.471. The third-order valence-electron chi connectivity index (χ3n) is 13.4. The number of halogens is 3. The second kappa shape index (κ2) is 20.7. The molecule has 0 amide bonds. The summed E-state index contributed by atoms with van der Waals surface area (Å²) >= 11 is 0. The molecule has 3 aliphatic rings. The van der Waals surface area contributed by atoms with Gasteiger partial charge in [0.15, 0.2) is 0 Å². The van der Waals surface area contributed by atoms with Gasteiger partial charge in [-0.2, -0.15) is 0 Å². The van der Waals surface area contributed by atoms with Crippen LogP contribution in [0.25, 0.3) is 0 Å². The predicted molar refractivity (Wildman–Crippen MR) is 239 cm³/mol. The van der Waals surface area contributed by atoms with Crippen LogP contribution in [0.2, 0.25) is 0 Å². The van der Waals surface area contributed by atoms with Gasteiger partial charge in [-0.15, -0.1) is 0 Å². The maximum atomic E-state index is 2.57. The van der Waals surface area contributed by atoms with Crippen LogP contribution >= 0.6 is 0 Å². The highest BCUT2D eigenvalue weighted by Crippen LogP contribution is 2.31. The topological polar surface area (TPSA) is 18.8 Å². The van der Waals surface area contributed by atoms with Crippen LogP contribution < -0.4 is 50.9 Å². The van der Waals surface area contributed by atoms with Crippen LogP contribution in [0.4, 0.5) is 0 Å². The van der Waals surface area contributed by atoms with Crippen molar-refractivity contribution in [1.82, 2.24) is 14.7 Å². The molecule has 324 valence electrons. The lowest BCUT2D eigenvalue weighted by Gasteiger charge is -2.21. The Morgan fingerprint density at radius 3 is 0.783 bits per heavy atom. The minimum Gasteiger partial charge on any atom is -1.00 e. The molecule has 0 atom stereocenters. The lowest BCUT2D eigenvalue weighted by molar-refractivity contribution is -0.533. The van der Waals surface area contributed by atoms with Gasteiger partial charge < -0.3 is 50.9 Å². The molecule has 4 aromatic carbocycles. The number of nitrogens with zero attached hydrogens (tertiary/aromatic N) is 6. The molecular weight excluding hydrogens is 936 g/mol. The van der Waals surface area contributed by atoms with Gasteiger partial charge in [0.25, 0.3) is 0 Å². The van der Waals surface area contributed by atoms with E-state index in [1.807, 2.05) is 0 Å². The molecule has 0 N–H and O–H groups in total. The monoisotopic (exact) mass is 1000 g/mol. The van der Waals surface area contributed by atoms with Crippen molar-refractivity contribution in [3.05, 3.63) is 137 Å². The smallest absolute Gasteiger partial charge is 0.234 e. The Morgan fingerprint density at radius 1 is 0.350 bits per heavy atom. The molecule has 6 nitrogen and oxygen atoms in total. The van der Waals surface area contributed by atoms with Crippen LogP contribution in [0, 0.1) is 83.1 Å². The molecule has 7 rings (SSSR count). The van der Waals surface area contributed by atoms with Crippen LogP contribution in [0.15, 0.2) is 36.4 Å². The number of aryl methyl sites for hydroxylation is 9. The fourth-order valence-corrected chi connectivity index (χ4v) is 10.2. The van der Waals surface area contributed by atoms with Gasteiger partial charge in [-0.3, -0.25) is 28.4 Å². The summed E-state index contributed by atoms with van der Waals surface area (Å²) in [5.74, 6) is 0. The van der Waals surface area contributed by atoms with Crippen LogP contribution in [-0.2, 0) is 39.3 Å². The second-order valence-corrected chi connectivity index (χ2v) is 18.1. The van der Waals surface area contributed by atoms with Crippen molar-refractivity contribution in [3.8, 4) is 0 Å². The lowest BCUT2D eigenvalue weighted by Crippen LogP contribution is -3.00. The SMILES string of the molecule is Cc1cc(C)c(CN2C=[N+](Cc3c(C)c(C[N+]4=CN(Cc5c(C)cc(C)cc5C)CC4)c(C)c(C[N+]4=CN(Cc5c(C)cc(C)cc5C)CC4)c3C)CC2)c(C)c1.[Br-].[Br-].[Br-]. The van der Waals surface area contributed by atoms with Gasteiger partial charge in [-0.1, -0.05) is 53.1 Å². The van der Waals surface area contributed by atoms with Crippen molar-refractivity contribution in [1.29, 1.82) is 0 Å². The Balaban J connectivity index is 0.00000265. The Hall–Kier alpha value is -3.27. The molecule has 9 heteroatoms. The van der Waals surface area contributed by atoms with Crippen molar-refractivity contribution in [2.75, 3.05) is 39.3 Å². The Morgan fingerprint density at radius 2 is 0.567 bits per heavy atom. The predicted octanol–water partition coefficient (Wildman–Crippen LogP) is -0.431. The van der Waals surface area contributed by atoms with Crippen LogP contribution in [0.5, 0.6) is 0 Å². The summed E-state index contributed by atoms with van der Waals surface area (Å²) in [7, 11) is 0. The minimum absolute atomic E-state index is 0. The molecule has 0 radical (unpaired) electrons. The first-order chi connectivity index (χ1) is 27.1. The average Bonchev–Trinajstić information content (AvgIpc) is 3.90. The van der Waals surface area contributed by atoms with Crippen molar-refractivity contribution in [2.24, 2.45) is 0 Å². The normalized spacial score (nSPS) is 14.8. The van der Waals surface area contributed by atoms with E-state index in [9.17, 15) is 0 Å². The summed E-state index contributed by atoms with van der Waals surface area (Å²) in [6, 6.07) is 14.0. The number of hydrogen-bond acceptors (Lipinski definition) is 3. The zero-order chi connectivity index (χ0) is 40.7. The third kappa shape index (κ3) is 11.0. The number of benzene rings is 4. The van der Waals surface area contributed by atoms with Gasteiger partial charge in [0, 0.05) is 0 Å². The standard InChI is InChI=1S/C51H69N6.3BrH/c1-34-19-37(4)46(38(5)20-34)25-52-13-16-55(31-52)28-49-43(10)50(29-56-17-14-53(32-56)26-47-39(6)21-35(2)22-40(47)7)45(12)51(44(49)11)30-57-18-15-54(33-57)27-48-41(8)23-36(3)24-42(48)9;;;/h19-24,31-33H,13-18,25-30H2,1-12H3;3*1H/q+3;;;/p-3. The van der Waals surface area contributed by atoms with E-state index < -0.39 is 0 Å². The van der Waals surface area contributed by atoms with Crippen molar-refractivity contribution in [2.45, 2.75) is 122 Å². The quantitative estimate of drug-likeness (QED) is 0.180. The maximum Gasteiger partial charge on any atom is 0.234 e. The summed E-state index contributed by atoms with van der Waals surface area (Å²) in [6.45, 7) is 39.6. The molecule has 0 unspecified atom stereocenters. The Kier molecular flexibility index (Phi) is 17.1. The third-order valence-corrected chi connectivity index (χ3v) is 13.4. The highest BCUT2D eigenvalue weighted by atomic mass is 79.9. The maximum absolute atomic E-state index is 2.57. The van der Waals surface area contributed by atoms with E-state index in [2.05, 4.69) is 167 Å². The molecule has 0 bridgehead atoms. The van der Waals surface area contributed by atoms with Gasteiger partial charge >= 0.3 is 0 Å². The fourth-order valence-electron chi connectivity index (χ4n) is 10.2. The number of rotatable bonds is 12. The van der Waals surface area contributed by atoms with Gasteiger partial charge in [0.1, 0.15) is 78.5 Å². The zero-order valence-electron chi connectivity index (χ0n) is 38.5. The van der Waals surface area contributed by atoms with E-state index in [-0.39, 0.29) is 50.9 Å². The molecule has 0 spiro atoms. The molecule has 0 fully saturated rings. The van der Waals surface area contributed by atoms with Gasteiger partial charge in [0.05, 0.1) is 0 Å². The van der Waals surface area contributed by atoms with Crippen LogP contribution in [0.1, 0.15) is 100 Å². The van der Waals surface area contributed by atoms with E-state index in [0.717, 1.165) is 78.5 Å². The molecule has 3 heterocycles. The zero-order valence-corrected chi connectivity index (χ0v) is 43.3. The van der Waals surface area contributed by atoms with Crippen LogP contribution in [-0.4, -0.2) is 86.7 Å². The van der Waals surface area contributed by atoms with Crippen molar-refractivity contribution in [3.63, 3.8) is 0 Å². The number of hydrogen-bond donors (Lipinski definition) is 0. The van der Waals surface area contributed by atoms with Crippen molar-refractivity contribution < 1.29 is 64.7 Å². The first-order valence-electron chi connectivity index (χ1n) is 21.4. The Labute approximate surface area is 394 Å². The largest absolute Gasteiger partial charge is 1.00 e. The van der Waals surface area contributed by atoms with E-state index in [1.54, 1.807) is 0 Å². The highest BCUT2D eigenvalue weighted by Gasteiger charge is 2.29. The lowest BCUT2D eigenvalue weighted by atomic mass is 9.87. The molecule has 0 saturated heterocycles. The van der Waals surface area contributed by atoms with E-state index in [0.29, 0.717) is 0 Å². The minimum atomic E-state index is 0. The van der Waals surface area contributed by atoms with Crippen LogP contribution in [0.3, 0.4) is 0 Å². The highest BCUT2D eigenvalue weighted by molar-refractivity contribution is 5.56. The average molecular weight is 1010 g/mol. The summed E-state index contributed by atoms with van der Waals surface area (Å²) in [6.07, 6.45) is 7.25. The molecule has 60 heavy (non-hydrogen) atoms. The molecule has 4 aromatic rings. The van der Waals surface area contributed by atoms with Crippen molar-refractivity contribution >= 4 is 19.0 Å².